The van der Waals surface area contributed by atoms with Crippen molar-refractivity contribution in [3.63, 3.8) is 0 Å². The van der Waals surface area contributed by atoms with Gasteiger partial charge in [0.2, 0.25) is 0 Å². The summed E-state index contributed by atoms with van der Waals surface area (Å²) in [6, 6.07) is 8.79. The Morgan fingerprint density at radius 3 is 2.53 bits per heavy atom. The fourth-order valence-electron chi connectivity index (χ4n) is 1.56. The lowest BCUT2D eigenvalue weighted by Crippen LogP contribution is -2.00. The van der Waals surface area contributed by atoms with E-state index in [9.17, 15) is 5.11 Å². The van der Waals surface area contributed by atoms with Crippen LogP contribution in [0.3, 0.4) is 0 Å². The summed E-state index contributed by atoms with van der Waals surface area (Å²) in [5, 5.41) is 14.1. The summed E-state index contributed by atoms with van der Waals surface area (Å²) in [5.74, 6) is 0.0657. The minimum atomic E-state index is 0.0657. The molecule has 0 heterocycles. The molecule has 2 rings (SSSR count). The molecule has 19 heavy (non-hydrogen) atoms. The van der Waals surface area contributed by atoms with E-state index in [1.165, 1.54) is 0 Å². The van der Waals surface area contributed by atoms with Crippen LogP contribution < -0.4 is 5.32 Å². The van der Waals surface area contributed by atoms with Gasteiger partial charge < -0.3 is 10.4 Å². The second kappa shape index (κ2) is 6.23. The van der Waals surface area contributed by atoms with Gasteiger partial charge in [-0.25, -0.2) is 0 Å². The predicted octanol–water partition coefficient (Wildman–Crippen LogP) is 5.73. The number of phenols is 1. The van der Waals surface area contributed by atoms with Gasteiger partial charge in [-0.2, -0.15) is 0 Å². The van der Waals surface area contributed by atoms with E-state index in [0.717, 1.165) is 4.47 Å². The fraction of sp³-hybridized carbons (Fsp3) is 0.0769. The zero-order valence-corrected chi connectivity index (χ0v) is 13.4. The number of para-hydroxylation sites is 1. The first-order valence-electron chi connectivity index (χ1n) is 5.34. The Bertz CT molecular complexity index is 619. The highest BCUT2D eigenvalue weighted by atomic mass is 79.9. The highest BCUT2D eigenvalue weighted by molar-refractivity contribution is 9.10. The van der Waals surface area contributed by atoms with Crippen molar-refractivity contribution in [2.75, 3.05) is 5.32 Å². The van der Waals surface area contributed by atoms with E-state index in [0.29, 0.717) is 32.9 Å². The molecule has 0 saturated heterocycles. The summed E-state index contributed by atoms with van der Waals surface area (Å²) in [5.41, 5.74) is 1.37. The predicted molar refractivity (Wildman–Crippen MR) is 84.6 cm³/mol. The van der Waals surface area contributed by atoms with Crippen molar-refractivity contribution in [3.8, 4) is 5.75 Å². The summed E-state index contributed by atoms with van der Waals surface area (Å²) in [4.78, 5) is 0. The maximum Gasteiger partial charge on any atom is 0.139 e. The number of aromatic hydroxyl groups is 1. The van der Waals surface area contributed by atoms with Gasteiger partial charge in [0, 0.05) is 16.6 Å². The molecule has 6 heteroatoms. The maximum atomic E-state index is 9.81. The summed E-state index contributed by atoms with van der Waals surface area (Å²) in [6.07, 6.45) is 0. The number of hydrogen-bond donors (Lipinski definition) is 2. The van der Waals surface area contributed by atoms with Gasteiger partial charge in [-0.05, 0) is 34.1 Å². The number of halogens is 4. The van der Waals surface area contributed by atoms with Crippen LogP contribution in [0.4, 0.5) is 5.69 Å². The van der Waals surface area contributed by atoms with Gasteiger partial charge in [-0.3, -0.25) is 0 Å². The van der Waals surface area contributed by atoms with Crippen molar-refractivity contribution in [1.82, 2.24) is 0 Å². The third-order valence-corrected chi connectivity index (χ3v) is 4.65. The van der Waals surface area contributed by atoms with Crippen molar-refractivity contribution in [3.05, 3.63) is 55.4 Å². The molecule has 100 valence electrons. The molecule has 0 radical (unpaired) electrons. The number of phenolic OH excluding ortho intramolecular Hbond substituents is 1. The third-order valence-electron chi connectivity index (χ3n) is 2.57. The lowest BCUT2D eigenvalue weighted by atomic mass is 10.2. The Kier molecular flexibility index (Phi) is 4.85. The van der Waals surface area contributed by atoms with E-state index >= 15 is 0 Å². The lowest BCUT2D eigenvalue weighted by Gasteiger charge is -2.11. The van der Waals surface area contributed by atoms with Crippen molar-refractivity contribution < 1.29 is 5.11 Å². The molecule has 0 amide bonds. The lowest BCUT2D eigenvalue weighted by molar-refractivity contribution is 0.469. The van der Waals surface area contributed by atoms with Crippen LogP contribution in [0.5, 0.6) is 5.75 Å². The Morgan fingerprint density at radius 1 is 1.05 bits per heavy atom. The van der Waals surface area contributed by atoms with E-state index in [2.05, 4.69) is 21.2 Å². The molecular weight excluding hydrogens is 372 g/mol. The van der Waals surface area contributed by atoms with Crippen LogP contribution >= 0.6 is 50.7 Å². The molecule has 0 aliphatic heterocycles. The van der Waals surface area contributed by atoms with Crippen LogP contribution in [0, 0.1) is 0 Å². The van der Waals surface area contributed by atoms with Crippen LogP contribution in [0.2, 0.25) is 15.1 Å². The van der Waals surface area contributed by atoms with Crippen LogP contribution in [0.15, 0.2) is 34.8 Å². The van der Waals surface area contributed by atoms with Crippen molar-refractivity contribution >= 4 is 56.4 Å². The van der Waals surface area contributed by atoms with E-state index in [1.807, 2.05) is 0 Å². The average Bonchev–Trinajstić information content (AvgIpc) is 2.40. The molecule has 2 aromatic carbocycles. The first-order valence-corrected chi connectivity index (χ1v) is 7.27. The molecule has 0 spiro atoms. The summed E-state index contributed by atoms with van der Waals surface area (Å²) < 4.78 is 0.732. The summed E-state index contributed by atoms with van der Waals surface area (Å²) in [6.45, 7) is 0.393. The first kappa shape index (κ1) is 14.8. The molecule has 2 nitrogen and oxygen atoms in total. The van der Waals surface area contributed by atoms with Crippen molar-refractivity contribution in [2.45, 2.75) is 6.54 Å². The van der Waals surface area contributed by atoms with Crippen molar-refractivity contribution in [2.24, 2.45) is 0 Å². The highest BCUT2D eigenvalue weighted by Crippen LogP contribution is 2.36. The van der Waals surface area contributed by atoms with Crippen LogP contribution in [0.25, 0.3) is 0 Å². The summed E-state index contributed by atoms with van der Waals surface area (Å²) >= 11 is 21.3. The van der Waals surface area contributed by atoms with Crippen LogP contribution in [-0.4, -0.2) is 5.11 Å². The largest absolute Gasteiger partial charge is 0.506 e. The van der Waals surface area contributed by atoms with Gasteiger partial charge in [0.15, 0.2) is 0 Å². The second-order valence-corrected chi connectivity index (χ2v) is 5.84. The van der Waals surface area contributed by atoms with E-state index in [-0.39, 0.29) is 5.75 Å². The van der Waals surface area contributed by atoms with E-state index in [4.69, 9.17) is 34.8 Å². The number of anilines is 1. The zero-order valence-electron chi connectivity index (χ0n) is 9.55. The van der Waals surface area contributed by atoms with E-state index < -0.39 is 0 Å². The monoisotopic (exact) mass is 379 g/mol. The average molecular weight is 381 g/mol. The molecule has 0 bridgehead atoms. The maximum absolute atomic E-state index is 9.81. The number of nitrogens with one attached hydrogen (secondary N) is 1. The minimum absolute atomic E-state index is 0.0657. The van der Waals surface area contributed by atoms with Crippen LogP contribution in [-0.2, 0) is 6.54 Å². The molecule has 0 aliphatic rings. The number of rotatable bonds is 3. The molecule has 0 atom stereocenters. The molecule has 0 saturated carbocycles. The molecule has 2 aromatic rings. The number of benzene rings is 2. The van der Waals surface area contributed by atoms with Gasteiger partial charge in [0.25, 0.3) is 0 Å². The molecule has 0 fully saturated rings. The van der Waals surface area contributed by atoms with Gasteiger partial charge in [-0.15, -0.1) is 0 Å². The highest BCUT2D eigenvalue weighted by Gasteiger charge is 2.09. The van der Waals surface area contributed by atoms with Crippen molar-refractivity contribution in [1.29, 1.82) is 0 Å². The van der Waals surface area contributed by atoms with Crippen LogP contribution in [0.1, 0.15) is 5.56 Å². The minimum Gasteiger partial charge on any atom is -0.506 e. The van der Waals surface area contributed by atoms with Gasteiger partial charge in [0.1, 0.15) is 5.75 Å². The standard InChI is InChI=1S/C13H9BrCl3NO/c14-8-4-5-10(12(17)11(8)16)18-6-7-2-1-3-9(15)13(7)19/h1-5,18-19H,6H2. The molecular formula is C13H9BrCl3NO. The quantitative estimate of drug-likeness (QED) is 0.666. The Morgan fingerprint density at radius 2 is 1.79 bits per heavy atom. The fourth-order valence-corrected chi connectivity index (χ4v) is 2.59. The second-order valence-electron chi connectivity index (χ2n) is 3.82. The summed E-state index contributed by atoms with van der Waals surface area (Å²) in [7, 11) is 0. The molecule has 0 unspecified atom stereocenters. The normalized spacial score (nSPS) is 10.5. The zero-order chi connectivity index (χ0) is 14.0. The Hall–Kier alpha value is -0.610. The van der Waals surface area contributed by atoms with Gasteiger partial charge in [0.05, 0.1) is 20.8 Å². The van der Waals surface area contributed by atoms with Gasteiger partial charge in [-0.1, -0.05) is 46.9 Å². The van der Waals surface area contributed by atoms with Gasteiger partial charge >= 0.3 is 0 Å². The SMILES string of the molecule is Oc1c(Cl)cccc1CNc1ccc(Br)c(Cl)c1Cl. The number of hydrogen-bond acceptors (Lipinski definition) is 2. The third kappa shape index (κ3) is 3.29. The molecule has 0 aromatic heterocycles. The Balaban J connectivity index is 2.20. The molecule has 0 aliphatic carbocycles. The molecule has 2 N–H and O–H groups in total. The Labute approximate surface area is 134 Å². The van der Waals surface area contributed by atoms with E-state index in [1.54, 1.807) is 30.3 Å². The first-order chi connectivity index (χ1) is 9.00. The topological polar surface area (TPSA) is 32.3 Å². The smallest absolute Gasteiger partial charge is 0.139 e.